The molecule has 1 heterocycles. The van der Waals surface area contributed by atoms with Crippen molar-refractivity contribution >= 4 is 0 Å². The average molecular weight is 331 g/mol. The summed E-state index contributed by atoms with van der Waals surface area (Å²) in [5.41, 5.74) is 1.53. The molecule has 3 nitrogen and oxygen atoms in total. The second kappa shape index (κ2) is 8.46. The number of rotatable bonds is 6. The van der Waals surface area contributed by atoms with E-state index in [-0.39, 0.29) is 5.54 Å². The summed E-state index contributed by atoms with van der Waals surface area (Å²) in [6.07, 6.45) is 7.65. The maximum Gasteiger partial charge on any atom is 0.0484 e. The Labute approximate surface area is 147 Å². The lowest BCUT2D eigenvalue weighted by molar-refractivity contribution is 0.0318. The lowest BCUT2D eigenvalue weighted by Crippen LogP contribution is -2.57. The van der Waals surface area contributed by atoms with Crippen LogP contribution < -0.4 is 10.6 Å². The number of ether oxygens (including phenoxy) is 1. The molecule has 3 unspecified atom stereocenters. The van der Waals surface area contributed by atoms with Crippen molar-refractivity contribution in [3.05, 3.63) is 35.9 Å². The quantitative estimate of drug-likeness (QED) is 0.825. The van der Waals surface area contributed by atoms with Gasteiger partial charge in [-0.05, 0) is 44.1 Å². The van der Waals surface area contributed by atoms with Crippen LogP contribution in [-0.4, -0.2) is 31.3 Å². The molecule has 24 heavy (non-hydrogen) atoms. The smallest absolute Gasteiger partial charge is 0.0484 e. The fourth-order valence-corrected chi connectivity index (χ4v) is 4.38. The molecule has 2 aliphatic rings. The zero-order chi connectivity index (χ0) is 16.8. The van der Waals surface area contributed by atoms with Gasteiger partial charge in [0.1, 0.15) is 0 Å². The molecule has 3 heteroatoms. The molecule has 3 rings (SSSR count). The predicted molar refractivity (Wildman–Crippen MR) is 100 cm³/mol. The van der Waals surface area contributed by atoms with Crippen molar-refractivity contribution in [2.75, 3.05) is 19.8 Å². The Kier molecular flexibility index (Phi) is 6.31. The van der Waals surface area contributed by atoms with Gasteiger partial charge in [-0.3, -0.25) is 0 Å². The second-order valence-electron chi connectivity index (χ2n) is 8.02. The van der Waals surface area contributed by atoms with E-state index < -0.39 is 0 Å². The predicted octanol–water partition coefficient (Wildman–Crippen LogP) is 4.05. The van der Waals surface area contributed by atoms with Gasteiger partial charge in [0, 0.05) is 37.4 Å². The van der Waals surface area contributed by atoms with Crippen LogP contribution in [0, 0.1) is 5.92 Å². The van der Waals surface area contributed by atoms with Gasteiger partial charge >= 0.3 is 0 Å². The Bertz CT molecular complexity index is 484. The van der Waals surface area contributed by atoms with E-state index in [1.165, 1.54) is 31.2 Å². The summed E-state index contributed by atoms with van der Waals surface area (Å²) in [6, 6.07) is 11.9. The molecule has 1 saturated heterocycles. The van der Waals surface area contributed by atoms with Gasteiger partial charge in [0.2, 0.25) is 0 Å². The van der Waals surface area contributed by atoms with Crippen LogP contribution in [0.2, 0.25) is 0 Å². The van der Waals surface area contributed by atoms with E-state index in [4.69, 9.17) is 4.74 Å². The molecule has 0 amide bonds. The topological polar surface area (TPSA) is 33.3 Å². The summed E-state index contributed by atoms with van der Waals surface area (Å²) in [5, 5.41) is 7.86. The highest BCUT2D eigenvalue weighted by Crippen LogP contribution is 2.27. The van der Waals surface area contributed by atoms with E-state index >= 15 is 0 Å². The van der Waals surface area contributed by atoms with Crippen molar-refractivity contribution < 1.29 is 4.74 Å². The molecule has 2 fully saturated rings. The fraction of sp³-hybridized carbons (Fsp3) is 0.714. The molecule has 0 bridgehead atoms. The van der Waals surface area contributed by atoms with Gasteiger partial charge in [-0.25, -0.2) is 0 Å². The SMILES string of the molecule is CC1CCCC(NCC2(NC(C)c3ccccc3)CCOCC2)C1. The van der Waals surface area contributed by atoms with E-state index in [0.717, 1.165) is 38.5 Å². The van der Waals surface area contributed by atoms with E-state index in [9.17, 15) is 0 Å². The summed E-state index contributed by atoms with van der Waals surface area (Å²) in [6.45, 7) is 7.49. The first-order valence-electron chi connectivity index (χ1n) is 9.81. The number of hydrogen-bond acceptors (Lipinski definition) is 3. The van der Waals surface area contributed by atoms with Crippen LogP contribution in [0.25, 0.3) is 0 Å². The number of benzene rings is 1. The monoisotopic (exact) mass is 330 g/mol. The fourth-order valence-electron chi connectivity index (χ4n) is 4.38. The van der Waals surface area contributed by atoms with Crippen LogP contribution in [0.3, 0.4) is 0 Å². The molecule has 0 radical (unpaired) electrons. The lowest BCUT2D eigenvalue weighted by Gasteiger charge is -2.42. The maximum absolute atomic E-state index is 5.65. The van der Waals surface area contributed by atoms with Crippen molar-refractivity contribution in [3.63, 3.8) is 0 Å². The number of nitrogens with one attached hydrogen (secondary N) is 2. The van der Waals surface area contributed by atoms with Gasteiger partial charge in [-0.15, -0.1) is 0 Å². The zero-order valence-corrected chi connectivity index (χ0v) is 15.4. The third-order valence-corrected chi connectivity index (χ3v) is 5.94. The van der Waals surface area contributed by atoms with Crippen LogP contribution in [0.5, 0.6) is 0 Å². The molecular weight excluding hydrogens is 296 g/mol. The van der Waals surface area contributed by atoms with Crippen molar-refractivity contribution in [2.24, 2.45) is 5.92 Å². The minimum atomic E-state index is 0.161. The molecule has 1 aromatic carbocycles. The Hall–Kier alpha value is -0.900. The maximum atomic E-state index is 5.65. The zero-order valence-electron chi connectivity index (χ0n) is 15.4. The normalized spacial score (nSPS) is 28.4. The summed E-state index contributed by atoms with van der Waals surface area (Å²) >= 11 is 0. The molecule has 1 aromatic rings. The summed E-state index contributed by atoms with van der Waals surface area (Å²) in [5.74, 6) is 0.873. The van der Waals surface area contributed by atoms with Gasteiger partial charge in [-0.1, -0.05) is 50.1 Å². The van der Waals surface area contributed by atoms with Gasteiger partial charge in [0.15, 0.2) is 0 Å². The molecule has 3 atom stereocenters. The van der Waals surface area contributed by atoms with E-state index in [0.29, 0.717) is 12.1 Å². The Balaban J connectivity index is 1.61. The molecule has 0 spiro atoms. The van der Waals surface area contributed by atoms with Crippen LogP contribution in [0.1, 0.15) is 64.0 Å². The Morgan fingerprint density at radius 2 is 1.92 bits per heavy atom. The minimum Gasteiger partial charge on any atom is -0.381 e. The number of hydrogen-bond donors (Lipinski definition) is 2. The minimum absolute atomic E-state index is 0.161. The first-order chi connectivity index (χ1) is 11.7. The lowest BCUT2D eigenvalue weighted by atomic mass is 9.84. The Morgan fingerprint density at radius 1 is 1.17 bits per heavy atom. The van der Waals surface area contributed by atoms with Crippen molar-refractivity contribution in [1.82, 2.24) is 10.6 Å². The van der Waals surface area contributed by atoms with Crippen molar-refractivity contribution in [1.29, 1.82) is 0 Å². The highest BCUT2D eigenvalue weighted by Gasteiger charge is 2.34. The molecule has 1 aliphatic carbocycles. The van der Waals surface area contributed by atoms with Gasteiger partial charge < -0.3 is 15.4 Å². The van der Waals surface area contributed by atoms with E-state index in [2.05, 4.69) is 54.8 Å². The van der Waals surface area contributed by atoms with E-state index in [1.54, 1.807) is 0 Å². The first kappa shape index (κ1) is 17.9. The third-order valence-electron chi connectivity index (χ3n) is 5.94. The van der Waals surface area contributed by atoms with E-state index in [1.807, 2.05) is 0 Å². The van der Waals surface area contributed by atoms with Crippen LogP contribution >= 0.6 is 0 Å². The van der Waals surface area contributed by atoms with Crippen LogP contribution in [0.15, 0.2) is 30.3 Å². The average Bonchev–Trinajstić information content (AvgIpc) is 2.62. The molecule has 0 aromatic heterocycles. The molecule has 2 N–H and O–H groups in total. The largest absolute Gasteiger partial charge is 0.381 e. The first-order valence-corrected chi connectivity index (χ1v) is 9.81. The highest BCUT2D eigenvalue weighted by molar-refractivity contribution is 5.19. The van der Waals surface area contributed by atoms with Crippen molar-refractivity contribution in [2.45, 2.75) is 70.0 Å². The van der Waals surface area contributed by atoms with Gasteiger partial charge in [0.05, 0.1) is 0 Å². The van der Waals surface area contributed by atoms with Crippen LogP contribution in [-0.2, 0) is 4.74 Å². The summed E-state index contributed by atoms with van der Waals surface area (Å²) in [4.78, 5) is 0. The van der Waals surface area contributed by atoms with Gasteiger partial charge in [0.25, 0.3) is 0 Å². The molecule has 1 saturated carbocycles. The summed E-state index contributed by atoms with van der Waals surface area (Å²) < 4.78 is 5.65. The Morgan fingerprint density at radius 3 is 2.62 bits per heavy atom. The van der Waals surface area contributed by atoms with Gasteiger partial charge in [-0.2, -0.15) is 0 Å². The summed E-state index contributed by atoms with van der Waals surface area (Å²) in [7, 11) is 0. The second-order valence-corrected chi connectivity index (χ2v) is 8.02. The molecular formula is C21H34N2O. The van der Waals surface area contributed by atoms with Crippen molar-refractivity contribution in [3.8, 4) is 0 Å². The van der Waals surface area contributed by atoms with Crippen LogP contribution in [0.4, 0.5) is 0 Å². The highest BCUT2D eigenvalue weighted by atomic mass is 16.5. The standard InChI is InChI=1S/C21H34N2O/c1-17-7-6-10-20(15-17)22-16-21(11-13-24-14-12-21)23-18(2)19-8-4-3-5-9-19/h3-5,8-9,17-18,20,22-23H,6-7,10-16H2,1-2H3. The molecule has 1 aliphatic heterocycles. The molecule has 134 valence electrons. The third kappa shape index (κ3) is 4.81.